The van der Waals surface area contributed by atoms with Gasteiger partial charge in [-0.2, -0.15) is 5.10 Å². The number of carbonyl (C=O) groups is 1. The Kier molecular flexibility index (Phi) is 6.03. The fourth-order valence-corrected chi connectivity index (χ4v) is 2.79. The first kappa shape index (κ1) is 17.4. The van der Waals surface area contributed by atoms with E-state index >= 15 is 0 Å². The van der Waals surface area contributed by atoms with Gasteiger partial charge in [0, 0.05) is 24.8 Å². The van der Waals surface area contributed by atoms with E-state index in [-0.39, 0.29) is 5.91 Å². The molecule has 2 aromatic rings. The molecule has 0 aliphatic carbocycles. The molecule has 3 rings (SSSR count). The van der Waals surface area contributed by atoms with Crippen molar-refractivity contribution in [2.24, 2.45) is 0 Å². The van der Waals surface area contributed by atoms with Gasteiger partial charge in [-0.3, -0.25) is 9.48 Å². The molecule has 0 bridgehead atoms. The molecule has 1 aliphatic rings. The molecule has 0 saturated carbocycles. The molecule has 0 spiro atoms. The van der Waals surface area contributed by atoms with Gasteiger partial charge in [0.2, 0.25) is 0 Å². The van der Waals surface area contributed by atoms with Gasteiger partial charge < -0.3 is 19.5 Å². The van der Waals surface area contributed by atoms with E-state index in [2.05, 4.69) is 10.4 Å². The Morgan fingerprint density at radius 2 is 2.16 bits per heavy atom. The zero-order valence-electron chi connectivity index (χ0n) is 14.4. The van der Waals surface area contributed by atoms with Gasteiger partial charge in [-0.25, -0.2) is 0 Å². The third kappa shape index (κ3) is 4.37. The Morgan fingerprint density at radius 3 is 2.96 bits per heavy atom. The van der Waals surface area contributed by atoms with E-state index in [4.69, 9.17) is 14.2 Å². The van der Waals surface area contributed by atoms with Gasteiger partial charge >= 0.3 is 0 Å². The van der Waals surface area contributed by atoms with Crippen molar-refractivity contribution >= 4 is 5.91 Å². The monoisotopic (exact) mass is 345 g/mol. The molecule has 0 unspecified atom stereocenters. The van der Waals surface area contributed by atoms with Crippen molar-refractivity contribution in [3.05, 3.63) is 47.3 Å². The number of nitrogens with zero attached hydrogens (tertiary/aromatic N) is 2. The number of nitrogens with one attached hydrogen (secondary N) is 1. The second kappa shape index (κ2) is 8.64. The average molecular weight is 345 g/mol. The van der Waals surface area contributed by atoms with Crippen molar-refractivity contribution in [2.75, 3.05) is 33.5 Å². The van der Waals surface area contributed by atoms with Crippen LogP contribution in [0.4, 0.5) is 0 Å². The summed E-state index contributed by atoms with van der Waals surface area (Å²) in [4.78, 5) is 12.5. The molecule has 0 atom stereocenters. The summed E-state index contributed by atoms with van der Waals surface area (Å²) in [6.07, 6.45) is 0.760. The lowest BCUT2D eigenvalue weighted by atomic mass is 10.1. The van der Waals surface area contributed by atoms with Crippen molar-refractivity contribution in [1.82, 2.24) is 15.1 Å². The molecule has 1 amide bonds. The van der Waals surface area contributed by atoms with E-state index in [0.717, 1.165) is 23.4 Å². The van der Waals surface area contributed by atoms with E-state index < -0.39 is 0 Å². The Balaban J connectivity index is 1.58. The zero-order valence-corrected chi connectivity index (χ0v) is 14.4. The smallest absolute Gasteiger partial charge is 0.272 e. The lowest BCUT2D eigenvalue weighted by Gasteiger charge is -2.14. The van der Waals surface area contributed by atoms with Crippen LogP contribution in [0.2, 0.25) is 0 Å². The van der Waals surface area contributed by atoms with E-state index in [0.29, 0.717) is 45.2 Å². The van der Waals surface area contributed by atoms with Crippen LogP contribution in [-0.2, 0) is 29.0 Å². The number of carbonyl (C=O) groups excluding carboxylic acids is 1. The van der Waals surface area contributed by atoms with Crippen molar-refractivity contribution in [1.29, 1.82) is 0 Å². The third-order valence-electron chi connectivity index (χ3n) is 4.02. The highest BCUT2D eigenvalue weighted by Crippen LogP contribution is 2.21. The van der Waals surface area contributed by atoms with Crippen molar-refractivity contribution in [3.8, 4) is 5.75 Å². The number of fused-ring (bicyclic) bond motifs is 1. The van der Waals surface area contributed by atoms with Crippen molar-refractivity contribution in [2.45, 2.75) is 19.6 Å². The number of para-hydroxylation sites is 1. The Labute approximate surface area is 146 Å². The van der Waals surface area contributed by atoms with Crippen LogP contribution in [-0.4, -0.2) is 49.2 Å². The molecule has 1 aliphatic heterocycles. The number of methoxy groups -OCH3 is 1. The van der Waals surface area contributed by atoms with Gasteiger partial charge in [0.05, 0.1) is 32.9 Å². The number of amides is 1. The summed E-state index contributed by atoms with van der Waals surface area (Å²) in [5.74, 6) is 0.584. The maximum Gasteiger partial charge on any atom is 0.272 e. The largest absolute Gasteiger partial charge is 0.492 e. The summed E-state index contributed by atoms with van der Waals surface area (Å²) >= 11 is 0. The first-order chi connectivity index (χ1) is 12.3. The second-order valence-corrected chi connectivity index (χ2v) is 5.71. The van der Waals surface area contributed by atoms with Gasteiger partial charge in [-0.15, -0.1) is 0 Å². The maximum atomic E-state index is 12.5. The molecule has 134 valence electrons. The van der Waals surface area contributed by atoms with Crippen LogP contribution in [0, 0.1) is 0 Å². The van der Waals surface area contributed by atoms with Crippen LogP contribution in [0.3, 0.4) is 0 Å². The number of ether oxygens (including phenoxy) is 3. The minimum atomic E-state index is -0.199. The van der Waals surface area contributed by atoms with Crippen LogP contribution in [0.5, 0.6) is 5.75 Å². The lowest BCUT2D eigenvalue weighted by molar-refractivity contribution is 0.0919. The Morgan fingerprint density at radius 1 is 1.32 bits per heavy atom. The summed E-state index contributed by atoms with van der Waals surface area (Å²) < 4.78 is 18.1. The van der Waals surface area contributed by atoms with E-state index in [1.165, 1.54) is 0 Å². The van der Waals surface area contributed by atoms with Crippen LogP contribution >= 0.6 is 0 Å². The van der Waals surface area contributed by atoms with Crippen molar-refractivity contribution in [3.63, 3.8) is 0 Å². The fraction of sp³-hybridized carbons (Fsp3) is 0.444. The highest BCUT2D eigenvalue weighted by molar-refractivity contribution is 5.94. The topological polar surface area (TPSA) is 74.6 Å². The zero-order chi connectivity index (χ0) is 17.5. The summed E-state index contributed by atoms with van der Waals surface area (Å²) in [6.45, 7) is 3.07. The normalized spacial score (nSPS) is 13.3. The molecule has 2 heterocycles. The highest BCUT2D eigenvalue weighted by Gasteiger charge is 2.25. The number of hydrogen-bond acceptors (Lipinski definition) is 5. The van der Waals surface area contributed by atoms with Gasteiger partial charge in [0.15, 0.2) is 5.69 Å². The van der Waals surface area contributed by atoms with E-state index in [1.54, 1.807) is 7.11 Å². The maximum absolute atomic E-state index is 12.5. The SMILES string of the molecule is COCCn1nc(C(=O)NCCOc2ccccc2)c2c1CCOC2. The lowest BCUT2D eigenvalue weighted by Crippen LogP contribution is -2.29. The van der Waals surface area contributed by atoms with Crippen LogP contribution < -0.4 is 10.1 Å². The van der Waals surface area contributed by atoms with Gasteiger partial charge in [0.25, 0.3) is 5.91 Å². The van der Waals surface area contributed by atoms with E-state index in [1.807, 2.05) is 35.0 Å². The second-order valence-electron chi connectivity index (χ2n) is 5.71. The molecule has 1 N–H and O–H groups in total. The molecule has 1 aromatic heterocycles. The molecule has 0 saturated heterocycles. The van der Waals surface area contributed by atoms with Crippen molar-refractivity contribution < 1.29 is 19.0 Å². The van der Waals surface area contributed by atoms with Gasteiger partial charge in [-0.1, -0.05) is 18.2 Å². The average Bonchev–Trinajstić information content (AvgIpc) is 3.03. The van der Waals surface area contributed by atoms with Gasteiger partial charge in [-0.05, 0) is 12.1 Å². The predicted octanol–water partition coefficient (Wildman–Crippen LogP) is 1.41. The van der Waals surface area contributed by atoms with Crippen LogP contribution in [0.1, 0.15) is 21.7 Å². The first-order valence-electron chi connectivity index (χ1n) is 8.41. The standard InChI is InChI=1S/C18H23N3O4/c1-23-12-9-21-16-7-10-24-13-15(16)17(20-21)18(22)19-8-11-25-14-5-3-2-4-6-14/h2-6H,7-13H2,1H3,(H,19,22). The molecular weight excluding hydrogens is 322 g/mol. The quantitative estimate of drug-likeness (QED) is 0.732. The molecule has 0 fully saturated rings. The Hall–Kier alpha value is -2.38. The Bertz CT molecular complexity index is 700. The third-order valence-corrected chi connectivity index (χ3v) is 4.02. The van der Waals surface area contributed by atoms with Crippen LogP contribution in [0.25, 0.3) is 0 Å². The number of benzene rings is 1. The minimum Gasteiger partial charge on any atom is -0.492 e. The molecule has 1 aromatic carbocycles. The summed E-state index contributed by atoms with van der Waals surface area (Å²) in [5.41, 5.74) is 2.38. The molecule has 7 nitrogen and oxygen atoms in total. The molecular formula is C18H23N3O4. The minimum absolute atomic E-state index is 0.199. The molecule has 25 heavy (non-hydrogen) atoms. The first-order valence-corrected chi connectivity index (χ1v) is 8.41. The number of aromatic nitrogens is 2. The van der Waals surface area contributed by atoms with Gasteiger partial charge in [0.1, 0.15) is 12.4 Å². The number of rotatable bonds is 8. The molecule has 7 heteroatoms. The fourth-order valence-electron chi connectivity index (χ4n) is 2.79. The summed E-state index contributed by atoms with van der Waals surface area (Å²) in [5, 5.41) is 7.33. The number of hydrogen-bond donors (Lipinski definition) is 1. The highest BCUT2D eigenvalue weighted by atomic mass is 16.5. The summed E-state index contributed by atoms with van der Waals surface area (Å²) in [7, 11) is 1.65. The predicted molar refractivity (Wildman–Crippen MR) is 91.7 cm³/mol. The molecule has 0 radical (unpaired) electrons. The summed E-state index contributed by atoms with van der Waals surface area (Å²) in [6, 6.07) is 9.51. The van der Waals surface area contributed by atoms with Crippen LogP contribution in [0.15, 0.2) is 30.3 Å². The van der Waals surface area contributed by atoms with E-state index in [9.17, 15) is 4.79 Å².